The SMILES string of the molecule is COc1cc(/C=C/C(=O)C=C(O)/C=C/c2ccc(OCCC[18F])c(OC)c2)ccc1O. The topological polar surface area (TPSA) is 85.2 Å². The molecule has 7 heteroatoms. The highest BCUT2D eigenvalue weighted by Gasteiger charge is 2.05. The van der Waals surface area contributed by atoms with Gasteiger partial charge in [-0.3, -0.25) is 9.18 Å². The number of aliphatic hydroxyl groups is 1. The summed E-state index contributed by atoms with van der Waals surface area (Å²) in [7, 11) is 2.93. The molecule has 2 aromatic carbocycles. The normalized spacial score (nSPS) is 11.8. The van der Waals surface area contributed by atoms with Crippen LogP contribution in [0.2, 0.25) is 0 Å². The summed E-state index contributed by atoms with van der Waals surface area (Å²) in [5.74, 6) is 0.644. The van der Waals surface area contributed by atoms with Crippen LogP contribution in [0.1, 0.15) is 17.5 Å². The molecule has 2 rings (SSSR count). The minimum atomic E-state index is -0.453. The number of ether oxygens (including phenoxy) is 3. The van der Waals surface area contributed by atoms with Crippen molar-refractivity contribution in [2.75, 3.05) is 27.5 Å². The predicted molar refractivity (Wildman–Crippen MR) is 118 cm³/mol. The molecule has 0 spiro atoms. The van der Waals surface area contributed by atoms with Crippen molar-refractivity contribution in [3.8, 4) is 23.0 Å². The summed E-state index contributed by atoms with van der Waals surface area (Å²) >= 11 is 0. The number of aromatic hydroxyl groups is 1. The third kappa shape index (κ3) is 7.54. The van der Waals surface area contributed by atoms with Gasteiger partial charge in [-0.1, -0.05) is 24.3 Å². The van der Waals surface area contributed by atoms with Crippen molar-refractivity contribution in [2.45, 2.75) is 6.42 Å². The molecule has 2 aromatic rings. The number of aliphatic hydroxyl groups excluding tert-OH is 1. The van der Waals surface area contributed by atoms with Gasteiger partial charge in [-0.05, 0) is 47.5 Å². The Morgan fingerprint density at radius 2 is 1.61 bits per heavy atom. The van der Waals surface area contributed by atoms with Crippen LogP contribution in [0, 0.1) is 0 Å². The van der Waals surface area contributed by atoms with E-state index in [1.807, 2.05) is 0 Å². The maximum Gasteiger partial charge on any atom is 0.182 e. The van der Waals surface area contributed by atoms with Gasteiger partial charge in [0, 0.05) is 12.5 Å². The molecule has 0 saturated heterocycles. The summed E-state index contributed by atoms with van der Waals surface area (Å²) in [5.41, 5.74) is 1.38. The first-order valence-electron chi connectivity index (χ1n) is 9.51. The predicted octanol–water partition coefficient (Wildman–Crippen LogP) is 4.89. The number of rotatable bonds is 11. The molecular weight excluding hydrogens is 402 g/mol. The van der Waals surface area contributed by atoms with Crippen LogP contribution < -0.4 is 14.2 Å². The first-order valence-corrected chi connectivity index (χ1v) is 9.51. The van der Waals surface area contributed by atoms with E-state index in [1.54, 1.807) is 42.5 Å². The summed E-state index contributed by atoms with van der Waals surface area (Å²) in [5, 5.41) is 19.6. The lowest BCUT2D eigenvalue weighted by Gasteiger charge is -2.10. The van der Waals surface area contributed by atoms with Crippen molar-refractivity contribution in [3.63, 3.8) is 0 Å². The molecule has 0 amide bonds. The zero-order valence-corrected chi connectivity index (χ0v) is 17.4. The van der Waals surface area contributed by atoms with E-state index in [0.29, 0.717) is 34.8 Å². The number of allylic oxidation sites excluding steroid dienone is 3. The number of benzene rings is 2. The summed E-state index contributed by atoms with van der Waals surface area (Å²) in [6.07, 6.45) is 7.21. The van der Waals surface area contributed by atoms with E-state index in [1.165, 1.54) is 32.4 Å². The van der Waals surface area contributed by atoms with Gasteiger partial charge in [-0.25, -0.2) is 0 Å². The van der Waals surface area contributed by atoms with Gasteiger partial charge in [0.25, 0.3) is 0 Å². The van der Waals surface area contributed by atoms with E-state index in [0.717, 1.165) is 6.08 Å². The molecule has 31 heavy (non-hydrogen) atoms. The van der Waals surface area contributed by atoms with Crippen molar-refractivity contribution in [3.05, 3.63) is 71.5 Å². The lowest BCUT2D eigenvalue weighted by Crippen LogP contribution is -2.00. The average Bonchev–Trinajstić information content (AvgIpc) is 2.77. The van der Waals surface area contributed by atoms with E-state index in [4.69, 9.17) is 14.2 Å². The zero-order chi connectivity index (χ0) is 22.6. The fourth-order valence-corrected chi connectivity index (χ4v) is 2.54. The number of alkyl halides is 1. The first kappa shape index (κ1) is 23.5. The Bertz CT molecular complexity index is 978. The molecule has 6 nitrogen and oxygen atoms in total. The highest BCUT2D eigenvalue weighted by Crippen LogP contribution is 2.29. The van der Waals surface area contributed by atoms with Gasteiger partial charge in [0.15, 0.2) is 28.8 Å². The van der Waals surface area contributed by atoms with Gasteiger partial charge >= 0.3 is 0 Å². The second-order valence-corrected chi connectivity index (χ2v) is 6.37. The Labute approximate surface area is 180 Å². The monoisotopic (exact) mass is 427 g/mol. The van der Waals surface area contributed by atoms with Crippen LogP contribution in [0.15, 0.2) is 60.4 Å². The molecule has 0 heterocycles. The molecule has 0 aliphatic heterocycles. The molecule has 0 bridgehead atoms. The highest BCUT2D eigenvalue weighted by atomic mass is 18.2. The van der Waals surface area contributed by atoms with E-state index in [9.17, 15) is 19.4 Å². The molecule has 0 radical (unpaired) electrons. The number of phenols is 1. The Kier molecular flexibility index (Phi) is 9.16. The van der Waals surface area contributed by atoms with Gasteiger partial charge in [-0.2, -0.15) is 0 Å². The summed E-state index contributed by atoms with van der Waals surface area (Å²) in [6.45, 7) is -0.204. The number of phenolic OH excluding ortho intramolecular Hbond substituents is 1. The fourth-order valence-electron chi connectivity index (χ4n) is 2.54. The third-order valence-electron chi connectivity index (χ3n) is 4.10. The average molecular weight is 427 g/mol. The van der Waals surface area contributed by atoms with Crippen molar-refractivity contribution in [2.24, 2.45) is 0 Å². The first-order chi connectivity index (χ1) is 15.0. The lowest BCUT2D eigenvalue weighted by molar-refractivity contribution is -0.110. The molecule has 164 valence electrons. The Morgan fingerprint density at radius 3 is 2.29 bits per heavy atom. The summed E-state index contributed by atoms with van der Waals surface area (Å²) in [4.78, 5) is 12.0. The van der Waals surface area contributed by atoms with Crippen LogP contribution in [0.4, 0.5) is 4.39 Å². The number of hydrogen-bond donors (Lipinski definition) is 2. The number of methoxy groups -OCH3 is 2. The number of ketones is 1. The van der Waals surface area contributed by atoms with E-state index >= 15 is 0 Å². The molecule has 0 atom stereocenters. The molecule has 0 aliphatic carbocycles. The van der Waals surface area contributed by atoms with E-state index < -0.39 is 12.5 Å². The largest absolute Gasteiger partial charge is 0.508 e. The van der Waals surface area contributed by atoms with Gasteiger partial charge in [0.1, 0.15) is 5.76 Å². The van der Waals surface area contributed by atoms with Crippen LogP contribution in [-0.2, 0) is 4.79 Å². The maximum atomic E-state index is 12.2. The number of halogens is 1. The van der Waals surface area contributed by atoms with Crippen LogP contribution in [0.25, 0.3) is 12.2 Å². The van der Waals surface area contributed by atoms with Crippen LogP contribution in [-0.4, -0.2) is 43.5 Å². The fraction of sp³-hybridized carbons (Fsp3) is 0.208. The van der Waals surface area contributed by atoms with Crippen molar-refractivity contribution in [1.82, 2.24) is 0 Å². The molecule has 2 N–H and O–H groups in total. The molecule has 0 fully saturated rings. The van der Waals surface area contributed by atoms with Gasteiger partial charge in [0.2, 0.25) is 0 Å². The molecule has 0 aliphatic rings. The van der Waals surface area contributed by atoms with Crippen LogP contribution in [0.5, 0.6) is 23.0 Å². The molecule has 0 saturated carbocycles. The van der Waals surface area contributed by atoms with Crippen molar-refractivity contribution >= 4 is 17.9 Å². The van der Waals surface area contributed by atoms with Crippen molar-refractivity contribution < 1.29 is 33.6 Å². The lowest BCUT2D eigenvalue weighted by atomic mass is 10.1. The van der Waals surface area contributed by atoms with Crippen LogP contribution in [0.3, 0.4) is 0 Å². The van der Waals surface area contributed by atoms with Gasteiger partial charge < -0.3 is 24.4 Å². The highest BCUT2D eigenvalue weighted by molar-refractivity contribution is 6.02. The second kappa shape index (κ2) is 12.1. The number of hydrogen-bond acceptors (Lipinski definition) is 6. The maximum absolute atomic E-state index is 12.2. The number of carbonyl (C=O) groups is 1. The quantitative estimate of drug-likeness (QED) is 0.230. The Balaban J connectivity index is 2.02. The van der Waals surface area contributed by atoms with E-state index in [-0.39, 0.29) is 18.1 Å². The van der Waals surface area contributed by atoms with Crippen LogP contribution >= 0.6 is 0 Å². The van der Waals surface area contributed by atoms with Gasteiger partial charge in [-0.15, -0.1) is 0 Å². The molecular formula is C24H25FO6. The molecule has 0 aromatic heterocycles. The van der Waals surface area contributed by atoms with E-state index in [2.05, 4.69) is 0 Å². The zero-order valence-electron chi connectivity index (χ0n) is 17.4. The standard InChI is InChI=1S/C24H25FO6/c1-29-23-14-17(6-10-21(23)28)4-8-19(26)16-20(27)9-5-18-7-11-22(24(15-18)30-2)31-13-3-12-25/h4-11,14-16,27-28H,3,12-13H2,1-2H3/b8-4+,9-5+,20-16?/i25-1. The van der Waals surface area contributed by atoms with Gasteiger partial charge in [0.05, 0.1) is 27.5 Å². The summed E-state index contributed by atoms with van der Waals surface area (Å²) < 4.78 is 27.9. The Hall–Kier alpha value is -3.74. The minimum absolute atomic E-state index is 0.00430. The molecule has 0 unspecified atom stereocenters. The number of carbonyl (C=O) groups excluding carboxylic acids is 1. The van der Waals surface area contributed by atoms with Crippen molar-refractivity contribution in [1.29, 1.82) is 0 Å². The smallest absolute Gasteiger partial charge is 0.182 e. The third-order valence-corrected chi connectivity index (χ3v) is 4.10. The Morgan fingerprint density at radius 1 is 0.968 bits per heavy atom. The minimum Gasteiger partial charge on any atom is -0.508 e. The summed E-state index contributed by atoms with van der Waals surface area (Å²) in [6, 6.07) is 9.82. The second-order valence-electron chi connectivity index (χ2n) is 6.37.